The van der Waals surface area contributed by atoms with E-state index < -0.39 is 11.9 Å². The van der Waals surface area contributed by atoms with Gasteiger partial charge in [0.1, 0.15) is 5.01 Å². The van der Waals surface area contributed by atoms with E-state index in [9.17, 15) is 9.59 Å². The average Bonchev–Trinajstić information content (AvgIpc) is 2.78. The van der Waals surface area contributed by atoms with Crippen molar-refractivity contribution in [1.82, 2.24) is 9.97 Å². The van der Waals surface area contributed by atoms with Crippen molar-refractivity contribution < 1.29 is 19.8 Å². The molecule has 0 spiro atoms. The third kappa shape index (κ3) is 2.13. The summed E-state index contributed by atoms with van der Waals surface area (Å²) in [6.45, 7) is 0. The summed E-state index contributed by atoms with van der Waals surface area (Å²) in [4.78, 5) is 29.3. The molecule has 6 nitrogen and oxygen atoms in total. The van der Waals surface area contributed by atoms with Crippen LogP contribution in [0.25, 0.3) is 10.6 Å². The van der Waals surface area contributed by atoms with Crippen molar-refractivity contribution in [2.45, 2.75) is 0 Å². The molecule has 0 fully saturated rings. The van der Waals surface area contributed by atoms with Gasteiger partial charge in [-0.3, -0.25) is 4.98 Å². The van der Waals surface area contributed by atoms with Crippen LogP contribution in [0.5, 0.6) is 0 Å². The molecule has 17 heavy (non-hydrogen) atoms. The number of carboxylic acid groups (broad SMARTS) is 2. The molecule has 86 valence electrons. The smallest absolute Gasteiger partial charge is 0.355 e. The minimum atomic E-state index is -1.15. The zero-order valence-corrected chi connectivity index (χ0v) is 9.14. The maximum absolute atomic E-state index is 11.0. The highest BCUT2D eigenvalue weighted by Crippen LogP contribution is 2.26. The molecular weight excluding hydrogens is 244 g/mol. The molecule has 0 aliphatic rings. The maximum Gasteiger partial charge on any atom is 0.355 e. The monoisotopic (exact) mass is 250 g/mol. The van der Waals surface area contributed by atoms with Crippen molar-refractivity contribution in [2.75, 3.05) is 0 Å². The second-order valence-electron chi connectivity index (χ2n) is 3.07. The van der Waals surface area contributed by atoms with E-state index in [1.54, 1.807) is 0 Å². The quantitative estimate of drug-likeness (QED) is 0.858. The fourth-order valence-electron chi connectivity index (χ4n) is 1.25. The van der Waals surface area contributed by atoms with Gasteiger partial charge in [-0.1, -0.05) is 0 Å². The zero-order valence-electron chi connectivity index (χ0n) is 8.32. The van der Waals surface area contributed by atoms with Crippen LogP contribution in [0.15, 0.2) is 23.8 Å². The van der Waals surface area contributed by atoms with Gasteiger partial charge in [0.15, 0.2) is 5.69 Å². The van der Waals surface area contributed by atoms with E-state index >= 15 is 0 Å². The van der Waals surface area contributed by atoms with Crippen LogP contribution in [0.1, 0.15) is 20.8 Å². The molecule has 0 unspecified atom stereocenters. The van der Waals surface area contributed by atoms with Gasteiger partial charge in [-0.05, 0) is 6.07 Å². The van der Waals surface area contributed by atoms with Gasteiger partial charge in [0.2, 0.25) is 0 Å². The molecule has 2 heterocycles. The summed E-state index contributed by atoms with van der Waals surface area (Å²) in [6, 6.07) is 1.35. The number of rotatable bonds is 3. The standard InChI is InChI=1S/C10H6N2O4S/c13-9(14)5-1-2-11-3-6(5)8-12-7(4-17-8)10(15)16/h1-4H,(H,13,14)(H,15,16). The molecule has 0 atom stereocenters. The first-order valence-corrected chi connectivity index (χ1v) is 5.34. The van der Waals surface area contributed by atoms with Crippen LogP contribution in [0.2, 0.25) is 0 Å². The lowest BCUT2D eigenvalue weighted by Crippen LogP contribution is -2.00. The second kappa shape index (κ2) is 4.30. The first kappa shape index (κ1) is 11.2. The van der Waals surface area contributed by atoms with Gasteiger partial charge in [-0.25, -0.2) is 14.6 Å². The molecule has 7 heteroatoms. The Morgan fingerprint density at radius 1 is 1.24 bits per heavy atom. The number of carboxylic acids is 2. The van der Waals surface area contributed by atoms with E-state index in [1.165, 1.54) is 23.8 Å². The summed E-state index contributed by atoms with van der Waals surface area (Å²) in [5, 5.41) is 19.4. The summed E-state index contributed by atoms with van der Waals surface area (Å²) >= 11 is 1.07. The number of nitrogens with zero attached hydrogens (tertiary/aromatic N) is 2. The van der Waals surface area contributed by atoms with Gasteiger partial charge in [-0.2, -0.15) is 0 Å². The summed E-state index contributed by atoms with van der Waals surface area (Å²) < 4.78 is 0. The van der Waals surface area contributed by atoms with Crippen molar-refractivity contribution >= 4 is 23.3 Å². The molecule has 0 radical (unpaired) electrons. The van der Waals surface area contributed by atoms with E-state index in [4.69, 9.17) is 10.2 Å². The second-order valence-corrected chi connectivity index (χ2v) is 3.93. The molecule has 2 N–H and O–H groups in total. The molecule has 0 saturated carbocycles. The molecular formula is C10H6N2O4S. The fraction of sp³-hybridized carbons (Fsp3) is 0. The Labute approximate surface area is 99.2 Å². The topological polar surface area (TPSA) is 100 Å². The maximum atomic E-state index is 11.0. The molecule has 2 rings (SSSR count). The zero-order chi connectivity index (χ0) is 12.4. The van der Waals surface area contributed by atoms with Gasteiger partial charge in [0, 0.05) is 23.3 Å². The summed E-state index contributed by atoms with van der Waals surface area (Å²) in [5.41, 5.74) is 0.258. The Morgan fingerprint density at radius 3 is 2.59 bits per heavy atom. The highest BCUT2D eigenvalue weighted by Gasteiger charge is 2.16. The lowest BCUT2D eigenvalue weighted by atomic mass is 10.1. The van der Waals surface area contributed by atoms with Gasteiger partial charge >= 0.3 is 11.9 Å². The number of hydrogen-bond donors (Lipinski definition) is 2. The lowest BCUT2D eigenvalue weighted by Gasteiger charge is -2.00. The SMILES string of the molecule is O=C(O)c1csc(-c2cnccc2C(=O)O)n1. The van der Waals surface area contributed by atoms with E-state index in [1.807, 2.05) is 0 Å². The van der Waals surface area contributed by atoms with Crippen LogP contribution < -0.4 is 0 Å². The first-order chi connectivity index (χ1) is 8.09. The van der Waals surface area contributed by atoms with Crippen LogP contribution in [-0.2, 0) is 0 Å². The number of hydrogen-bond acceptors (Lipinski definition) is 5. The Bertz CT molecular complexity index is 593. The van der Waals surface area contributed by atoms with Crippen LogP contribution in [-0.4, -0.2) is 32.1 Å². The first-order valence-electron chi connectivity index (χ1n) is 4.46. The van der Waals surface area contributed by atoms with E-state index in [0.717, 1.165) is 11.3 Å². The van der Waals surface area contributed by atoms with Gasteiger partial charge in [-0.15, -0.1) is 11.3 Å². The lowest BCUT2D eigenvalue weighted by molar-refractivity contribution is 0.0684. The van der Waals surface area contributed by atoms with Crippen molar-refractivity contribution in [3.63, 3.8) is 0 Å². The minimum Gasteiger partial charge on any atom is -0.478 e. The third-order valence-electron chi connectivity index (χ3n) is 2.01. The van der Waals surface area contributed by atoms with Gasteiger partial charge in [0.25, 0.3) is 0 Å². The summed E-state index contributed by atoms with van der Waals surface area (Å²) in [6.07, 6.45) is 2.71. The molecule has 0 bridgehead atoms. The van der Waals surface area contributed by atoms with Crippen molar-refractivity contribution in [3.05, 3.63) is 35.1 Å². The van der Waals surface area contributed by atoms with Crippen molar-refractivity contribution in [1.29, 1.82) is 0 Å². The fourth-order valence-corrected chi connectivity index (χ4v) is 2.06. The van der Waals surface area contributed by atoms with Crippen molar-refractivity contribution in [2.24, 2.45) is 0 Å². The number of pyridine rings is 1. The molecule has 2 aromatic heterocycles. The van der Waals surface area contributed by atoms with Crippen LogP contribution in [0.3, 0.4) is 0 Å². The average molecular weight is 250 g/mol. The van der Waals surface area contributed by atoms with Crippen molar-refractivity contribution in [3.8, 4) is 10.6 Å². The molecule has 0 amide bonds. The molecule has 0 aliphatic heterocycles. The highest BCUT2D eigenvalue weighted by atomic mass is 32.1. The van der Waals surface area contributed by atoms with Crippen LogP contribution in [0.4, 0.5) is 0 Å². The summed E-state index contributed by atoms with van der Waals surface area (Å²) in [7, 11) is 0. The number of aromatic carboxylic acids is 2. The molecule has 2 aromatic rings. The summed E-state index contributed by atoms with van der Waals surface area (Å²) in [5.74, 6) is -2.25. The Kier molecular flexibility index (Phi) is 2.84. The number of thiazole rings is 1. The number of aromatic nitrogens is 2. The van der Waals surface area contributed by atoms with E-state index in [-0.39, 0.29) is 11.3 Å². The van der Waals surface area contributed by atoms with E-state index in [2.05, 4.69) is 9.97 Å². The van der Waals surface area contributed by atoms with E-state index in [0.29, 0.717) is 10.6 Å². The minimum absolute atomic E-state index is 0.0475. The van der Waals surface area contributed by atoms with Gasteiger partial charge in [0.05, 0.1) is 5.56 Å². The normalized spacial score (nSPS) is 10.1. The largest absolute Gasteiger partial charge is 0.478 e. The molecule has 0 saturated heterocycles. The Balaban J connectivity index is 2.52. The van der Waals surface area contributed by atoms with Crippen LogP contribution >= 0.6 is 11.3 Å². The Hall–Kier alpha value is -2.28. The molecule has 0 aliphatic carbocycles. The third-order valence-corrected chi connectivity index (χ3v) is 2.88. The number of carbonyl (C=O) groups is 2. The predicted octanol–water partition coefficient (Wildman–Crippen LogP) is 1.60. The highest BCUT2D eigenvalue weighted by molar-refractivity contribution is 7.13. The van der Waals surface area contributed by atoms with Gasteiger partial charge < -0.3 is 10.2 Å². The molecule has 0 aromatic carbocycles. The van der Waals surface area contributed by atoms with Crippen LogP contribution in [0, 0.1) is 0 Å². The predicted molar refractivity (Wildman–Crippen MR) is 59.3 cm³/mol. The Morgan fingerprint density at radius 2 is 2.00 bits per heavy atom.